The van der Waals surface area contributed by atoms with Gasteiger partial charge in [0.2, 0.25) is 0 Å². The van der Waals surface area contributed by atoms with Gasteiger partial charge in [-0.15, -0.1) is 14.0 Å². The van der Waals surface area contributed by atoms with Crippen molar-refractivity contribution in [2.45, 2.75) is 40.0 Å². The molecule has 0 aliphatic rings. The highest BCUT2D eigenvalue weighted by Crippen LogP contribution is 2.40. The third kappa shape index (κ3) is 10.7. The minimum absolute atomic E-state index is 0.465. The molecule has 0 atom stereocenters. The topological polar surface area (TPSA) is 55.4 Å². The Morgan fingerprint density at radius 2 is 0.938 bits per heavy atom. The Bertz CT molecular complexity index is 113. The molecule has 0 bridgehead atoms. The van der Waals surface area contributed by atoms with E-state index in [2.05, 4.69) is 0 Å². The van der Waals surface area contributed by atoms with Crippen LogP contribution in [0.1, 0.15) is 40.0 Å². The van der Waals surface area contributed by atoms with Crippen LogP contribution in [-0.2, 0) is 28.7 Å². The molecule has 0 unspecified atom stereocenters. The van der Waals surface area contributed by atoms with Gasteiger partial charge in [0.25, 0.3) is 0 Å². The Morgan fingerprint density at radius 3 is 1.19 bits per heavy atom. The summed E-state index contributed by atoms with van der Waals surface area (Å²) in [4.78, 5) is 14.5. The summed E-state index contributed by atoms with van der Waals surface area (Å²) in [5.74, 6) is 0. The molecule has 0 rings (SSSR count). The van der Waals surface area contributed by atoms with Gasteiger partial charge in [0.05, 0.1) is 19.8 Å². The van der Waals surface area contributed by atoms with Crippen molar-refractivity contribution in [3.05, 3.63) is 0 Å². The highest BCUT2D eigenvalue weighted by Gasteiger charge is 2.17. The molecule has 0 aliphatic heterocycles. The van der Waals surface area contributed by atoms with Crippen molar-refractivity contribution in [1.82, 2.24) is 0 Å². The largest absolute Gasteiger partial charge is 0.421 e. The molecule has 0 heterocycles. The molecule has 7 heteroatoms. The first-order valence-corrected chi connectivity index (χ1v) is 6.63. The van der Waals surface area contributed by atoms with Crippen LogP contribution < -0.4 is 0 Å². The van der Waals surface area contributed by atoms with Gasteiger partial charge in [0, 0.05) is 0 Å². The molecule has 0 aromatic rings. The molecule has 0 radical (unpaired) electrons. The van der Waals surface area contributed by atoms with E-state index in [4.69, 9.17) is 28.7 Å². The maximum absolute atomic E-state index is 4.85. The monoisotopic (exact) mass is 256 g/mol. The normalized spacial score (nSPS) is 11.2. The fraction of sp³-hybridized carbons (Fsp3) is 1.00. The second kappa shape index (κ2) is 13.3. The van der Waals surface area contributed by atoms with Crippen molar-refractivity contribution < 1.29 is 28.7 Å². The Balaban J connectivity index is 3.58. The van der Waals surface area contributed by atoms with Crippen LogP contribution in [0.4, 0.5) is 0 Å². The maximum Gasteiger partial charge on any atom is 0.421 e. The standard InChI is InChI=1S/C9H21O6P/c1-4-7-10-13-16(14-11-8-5-2)15-12-9-6-3/h4-9H2,1-3H3. The summed E-state index contributed by atoms with van der Waals surface area (Å²) in [5.41, 5.74) is 0. The summed E-state index contributed by atoms with van der Waals surface area (Å²) in [5, 5.41) is 0. The minimum atomic E-state index is -1.76. The highest BCUT2D eigenvalue weighted by molar-refractivity contribution is 7.41. The summed E-state index contributed by atoms with van der Waals surface area (Å²) >= 11 is 0. The lowest BCUT2D eigenvalue weighted by molar-refractivity contribution is -0.310. The van der Waals surface area contributed by atoms with E-state index >= 15 is 0 Å². The van der Waals surface area contributed by atoms with Crippen molar-refractivity contribution in [2.24, 2.45) is 0 Å². The molecule has 0 amide bonds. The predicted octanol–water partition coefficient (Wildman–Crippen LogP) is 3.29. The molecule has 0 saturated carbocycles. The Kier molecular flexibility index (Phi) is 13.4. The average Bonchev–Trinajstić information content (AvgIpc) is 2.29. The molecule has 16 heavy (non-hydrogen) atoms. The van der Waals surface area contributed by atoms with Crippen LogP contribution in [0.15, 0.2) is 0 Å². The summed E-state index contributed by atoms with van der Waals surface area (Å²) < 4.78 is 14.5. The molecular formula is C9H21O6P. The first-order chi connectivity index (χ1) is 7.85. The predicted molar refractivity (Wildman–Crippen MR) is 58.9 cm³/mol. The Morgan fingerprint density at radius 1 is 0.625 bits per heavy atom. The van der Waals surface area contributed by atoms with Crippen LogP contribution in [-0.4, -0.2) is 19.8 Å². The van der Waals surface area contributed by atoms with Gasteiger partial charge in [-0.3, -0.25) is 0 Å². The van der Waals surface area contributed by atoms with Crippen LogP contribution in [0.5, 0.6) is 0 Å². The molecular weight excluding hydrogens is 235 g/mol. The Hall–Kier alpha value is 0.190. The van der Waals surface area contributed by atoms with Gasteiger partial charge in [-0.05, 0) is 19.3 Å². The van der Waals surface area contributed by atoms with Crippen LogP contribution >= 0.6 is 8.60 Å². The number of rotatable bonds is 12. The van der Waals surface area contributed by atoms with Gasteiger partial charge in [-0.1, -0.05) is 20.8 Å². The molecule has 0 fully saturated rings. The van der Waals surface area contributed by atoms with Crippen molar-refractivity contribution >= 4 is 8.60 Å². The van der Waals surface area contributed by atoms with Gasteiger partial charge >= 0.3 is 8.60 Å². The van der Waals surface area contributed by atoms with Crippen LogP contribution in [0.25, 0.3) is 0 Å². The summed E-state index contributed by atoms with van der Waals surface area (Å²) in [6, 6.07) is 0. The molecule has 0 saturated heterocycles. The minimum Gasteiger partial charge on any atom is -0.229 e. The summed E-state index contributed by atoms with van der Waals surface area (Å²) in [7, 11) is -1.76. The van der Waals surface area contributed by atoms with E-state index in [0.29, 0.717) is 19.8 Å². The van der Waals surface area contributed by atoms with Crippen LogP contribution in [0.3, 0.4) is 0 Å². The van der Waals surface area contributed by atoms with E-state index in [1.807, 2.05) is 20.8 Å². The van der Waals surface area contributed by atoms with Crippen molar-refractivity contribution in [1.29, 1.82) is 0 Å². The first-order valence-electron chi connectivity index (χ1n) is 5.54. The second-order valence-electron chi connectivity index (χ2n) is 2.91. The van der Waals surface area contributed by atoms with Crippen molar-refractivity contribution in [3.63, 3.8) is 0 Å². The molecule has 0 aromatic heterocycles. The zero-order valence-corrected chi connectivity index (χ0v) is 11.0. The second-order valence-corrected chi connectivity index (χ2v) is 3.81. The van der Waals surface area contributed by atoms with E-state index in [1.54, 1.807) is 0 Å². The molecule has 98 valence electrons. The van der Waals surface area contributed by atoms with E-state index in [0.717, 1.165) is 19.3 Å². The third-order valence-electron chi connectivity index (χ3n) is 1.20. The van der Waals surface area contributed by atoms with E-state index < -0.39 is 8.60 Å². The summed E-state index contributed by atoms with van der Waals surface area (Å²) in [6.45, 7) is 7.30. The molecule has 0 spiro atoms. The maximum atomic E-state index is 4.85. The van der Waals surface area contributed by atoms with E-state index in [1.165, 1.54) is 0 Å². The van der Waals surface area contributed by atoms with E-state index in [-0.39, 0.29) is 0 Å². The quantitative estimate of drug-likeness (QED) is 0.231. The molecule has 0 aliphatic carbocycles. The SMILES string of the molecule is CCCOOP(OOCCC)OOCCC. The highest BCUT2D eigenvalue weighted by atomic mass is 31.2. The Labute approximate surface area is 97.9 Å². The lowest BCUT2D eigenvalue weighted by Gasteiger charge is -2.12. The lowest BCUT2D eigenvalue weighted by Crippen LogP contribution is -2.01. The average molecular weight is 256 g/mol. The van der Waals surface area contributed by atoms with Crippen molar-refractivity contribution in [2.75, 3.05) is 19.8 Å². The zero-order chi connectivity index (χ0) is 12.1. The number of hydrogen-bond acceptors (Lipinski definition) is 6. The molecule has 0 aromatic carbocycles. The smallest absolute Gasteiger partial charge is 0.229 e. The van der Waals surface area contributed by atoms with Crippen molar-refractivity contribution in [3.8, 4) is 0 Å². The lowest BCUT2D eigenvalue weighted by atomic mass is 10.5. The van der Waals surface area contributed by atoms with Crippen LogP contribution in [0.2, 0.25) is 0 Å². The van der Waals surface area contributed by atoms with Gasteiger partial charge in [0.15, 0.2) is 0 Å². The van der Waals surface area contributed by atoms with Gasteiger partial charge < -0.3 is 0 Å². The number of hydrogen-bond donors (Lipinski definition) is 0. The van der Waals surface area contributed by atoms with Gasteiger partial charge in [0.1, 0.15) is 0 Å². The van der Waals surface area contributed by atoms with Gasteiger partial charge in [-0.2, -0.15) is 0 Å². The first kappa shape index (κ1) is 16.2. The third-order valence-corrected chi connectivity index (χ3v) is 1.88. The summed E-state index contributed by atoms with van der Waals surface area (Å²) in [6.07, 6.45) is 2.53. The van der Waals surface area contributed by atoms with E-state index in [9.17, 15) is 0 Å². The van der Waals surface area contributed by atoms with Gasteiger partial charge in [-0.25, -0.2) is 14.7 Å². The fourth-order valence-corrected chi connectivity index (χ4v) is 1.08. The fourth-order valence-electron chi connectivity index (χ4n) is 0.528. The zero-order valence-electron chi connectivity index (χ0n) is 10.1. The molecule has 0 N–H and O–H groups in total. The molecule has 6 nitrogen and oxygen atoms in total. The van der Waals surface area contributed by atoms with Crippen LogP contribution in [0, 0.1) is 0 Å².